The molecule has 1 aromatic heterocycles. The number of rotatable bonds is 5. The van der Waals surface area contributed by atoms with Crippen LogP contribution in [0.5, 0.6) is 5.75 Å². The second-order valence-electron chi connectivity index (χ2n) is 10.9. The average Bonchev–Trinajstić information content (AvgIpc) is 2.79. The van der Waals surface area contributed by atoms with Gasteiger partial charge in [0.15, 0.2) is 11.6 Å². The van der Waals surface area contributed by atoms with Crippen molar-refractivity contribution in [2.75, 3.05) is 10.0 Å². The molecule has 3 N–H and O–H groups in total. The molecule has 0 fully saturated rings. The van der Waals surface area contributed by atoms with Crippen LogP contribution in [-0.4, -0.2) is 23.5 Å². The first-order chi connectivity index (χ1) is 16.8. The molecular formula is C28H32N4O3S. The van der Waals surface area contributed by atoms with Crippen LogP contribution in [0.4, 0.5) is 17.3 Å². The fourth-order valence-electron chi connectivity index (χ4n) is 3.93. The molecule has 4 aromatic rings. The van der Waals surface area contributed by atoms with Crippen LogP contribution < -0.4 is 10.0 Å². The first-order valence-corrected chi connectivity index (χ1v) is 13.2. The fourth-order valence-corrected chi connectivity index (χ4v) is 4.96. The van der Waals surface area contributed by atoms with Crippen molar-refractivity contribution in [3.63, 3.8) is 0 Å². The van der Waals surface area contributed by atoms with Gasteiger partial charge in [-0.25, -0.2) is 18.4 Å². The van der Waals surface area contributed by atoms with E-state index in [0.717, 1.165) is 11.1 Å². The monoisotopic (exact) mass is 504 g/mol. The molecule has 0 unspecified atom stereocenters. The van der Waals surface area contributed by atoms with Crippen molar-refractivity contribution in [3.8, 4) is 5.75 Å². The number of fused-ring (bicyclic) bond motifs is 1. The number of hydrogen-bond acceptors (Lipinski definition) is 6. The van der Waals surface area contributed by atoms with Gasteiger partial charge < -0.3 is 10.4 Å². The van der Waals surface area contributed by atoms with Gasteiger partial charge in [-0.3, -0.25) is 4.72 Å². The Bertz CT molecular complexity index is 1490. The highest BCUT2D eigenvalue weighted by Gasteiger charge is 2.27. The van der Waals surface area contributed by atoms with E-state index in [2.05, 4.69) is 15.0 Å². The number of aromatic hydroxyl groups is 1. The van der Waals surface area contributed by atoms with Gasteiger partial charge in [0.25, 0.3) is 10.0 Å². The van der Waals surface area contributed by atoms with E-state index in [1.807, 2.05) is 71.9 Å². The standard InChI is InChI=1S/C28H32N4O3S/c1-27(2,3)20-16-18(17-21(24(20)33)28(4,5)6)29-25-26(31-23-15-11-10-14-22(23)30-25)32-36(34,35)19-12-8-7-9-13-19/h7-17,33H,1-6H3,(H,29,30)(H,31,32). The SMILES string of the molecule is CC(C)(C)c1cc(Nc2nc3ccccc3nc2NS(=O)(=O)c2ccccc2)cc(C(C)(C)C)c1O. The Labute approximate surface area is 212 Å². The van der Waals surface area contributed by atoms with Gasteiger partial charge in [-0.1, -0.05) is 71.9 Å². The second kappa shape index (κ2) is 9.09. The van der Waals surface area contributed by atoms with Crippen LogP contribution in [0.1, 0.15) is 52.7 Å². The van der Waals surface area contributed by atoms with Crippen molar-refractivity contribution in [1.82, 2.24) is 9.97 Å². The van der Waals surface area contributed by atoms with E-state index >= 15 is 0 Å². The van der Waals surface area contributed by atoms with Gasteiger partial charge in [0.05, 0.1) is 15.9 Å². The van der Waals surface area contributed by atoms with Crippen molar-refractivity contribution in [2.24, 2.45) is 0 Å². The molecule has 4 rings (SSSR count). The molecule has 0 radical (unpaired) electrons. The van der Waals surface area contributed by atoms with E-state index in [0.29, 0.717) is 16.7 Å². The number of hydrogen-bond donors (Lipinski definition) is 3. The van der Waals surface area contributed by atoms with Gasteiger partial charge >= 0.3 is 0 Å². The summed E-state index contributed by atoms with van der Waals surface area (Å²) >= 11 is 0. The number of benzene rings is 3. The maximum absolute atomic E-state index is 13.1. The average molecular weight is 505 g/mol. The molecule has 0 aliphatic carbocycles. The lowest BCUT2D eigenvalue weighted by Gasteiger charge is -2.28. The van der Waals surface area contributed by atoms with Crippen LogP contribution in [0.15, 0.2) is 71.6 Å². The smallest absolute Gasteiger partial charge is 0.263 e. The predicted molar refractivity (Wildman–Crippen MR) is 146 cm³/mol. The first kappa shape index (κ1) is 25.4. The Morgan fingerprint density at radius 2 is 1.19 bits per heavy atom. The summed E-state index contributed by atoms with van der Waals surface area (Å²) in [6.45, 7) is 12.2. The number of para-hydroxylation sites is 2. The zero-order chi connectivity index (χ0) is 26.3. The summed E-state index contributed by atoms with van der Waals surface area (Å²) in [7, 11) is -3.90. The zero-order valence-electron chi connectivity index (χ0n) is 21.4. The van der Waals surface area contributed by atoms with Gasteiger partial charge in [-0.05, 0) is 47.2 Å². The Balaban J connectivity index is 1.86. The molecule has 188 valence electrons. The normalized spacial score (nSPS) is 12.5. The summed E-state index contributed by atoms with van der Waals surface area (Å²) in [6, 6.07) is 19.2. The Hall–Kier alpha value is -3.65. The van der Waals surface area contributed by atoms with Gasteiger partial charge in [0, 0.05) is 16.8 Å². The van der Waals surface area contributed by atoms with Crippen molar-refractivity contribution in [2.45, 2.75) is 57.3 Å². The maximum atomic E-state index is 13.1. The molecule has 8 heteroatoms. The minimum atomic E-state index is -3.90. The van der Waals surface area contributed by atoms with Crippen LogP contribution in [-0.2, 0) is 20.9 Å². The molecule has 36 heavy (non-hydrogen) atoms. The molecule has 0 bridgehead atoms. The van der Waals surface area contributed by atoms with Gasteiger partial charge in [0.1, 0.15) is 5.75 Å². The quantitative estimate of drug-likeness (QED) is 0.269. The summed E-state index contributed by atoms with van der Waals surface area (Å²) in [5.74, 6) is 0.606. The van der Waals surface area contributed by atoms with Crippen LogP contribution in [0.25, 0.3) is 11.0 Å². The third kappa shape index (κ3) is 5.28. The third-order valence-corrected chi connectivity index (χ3v) is 7.20. The topological polar surface area (TPSA) is 104 Å². The summed E-state index contributed by atoms with van der Waals surface area (Å²) in [5.41, 5.74) is 2.75. The molecule has 0 saturated heterocycles. The maximum Gasteiger partial charge on any atom is 0.263 e. The van der Waals surface area contributed by atoms with E-state index in [9.17, 15) is 13.5 Å². The van der Waals surface area contributed by atoms with Crippen LogP contribution in [0, 0.1) is 0 Å². The number of aromatic nitrogens is 2. The van der Waals surface area contributed by atoms with E-state index in [1.165, 1.54) is 12.1 Å². The van der Waals surface area contributed by atoms with Crippen molar-refractivity contribution < 1.29 is 13.5 Å². The van der Waals surface area contributed by atoms with Crippen LogP contribution >= 0.6 is 0 Å². The first-order valence-electron chi connectivity index (χ1n) is 11.8. The van der Waals surface area contributed by atoms with E-state index < -0.39 is 10.0 Å². The fraction of sp³-hybridized carbons (Fsp3) is 0.286. The van der Waals surface area contributed by atoms with Gasteiger partial charge in [0.2, 0.25) is 0 Å². The van der Waals surface area contributed by atoms with Crippen LogP contribution in [0.2, 0.25) is 0 Å². The third-order valence-electron chi connectivity index (χ3n) is 5.84. The number of sulfonamides is 1. The van der Waals surface area contributed by atoms with Crippen molar-refractivity contribution in [1.29, 1.82) is 0 Å². The molecule has 0 atom stereocenters. The number of nitrogens with one attached hydrogen (secondary N) is 2. The van der Waals surface area contributed by atoms with Gasteiger partial charge in [-0.2, -0.15) is 0 Å². The molecule has 1 heterocycles. The Morgan fingerprint density at radius 1 is 0.722 bits per heavy atom. The second-order valence-corrected chi connectivity index (χ2v) is 12.6. The van der Waals surface area contributed by atoms with Crippen LogP contribution in [0.3, 0.4) is 0 Å². The molecule has 7 nitrogen and oxygen atoms in total. The molecule has 0 saturated carbocycles. The lowest BCUT2D eigenvalue weighted by molar-refractivity contribution is 0.423. The summed E-state index contributed by atoms with van der Waals surface area (Å²) in [6.07, 6.45) is 0. The van der Waals surface area contributed by atoms with E-state index in [1.54, 1.807) is 24.3 Å². The van der Waals surface area contributed by atoms with Crippen molar-refractivity contribution >= 4 is 38.4 Å². The van der Waals surface area contributed by atoms with Crippen molar-refractivity contribution in [3.05, 3.63) is 77.9 Å². The highest BCUT2D eigenvalue weighted by molar-refractivity contribution is 7.92. The number of phenolic OH excluding ortho intramolecular Hbond substituents is 1. The molecule has 0 spiro atoms. The lowest BCUT2D eigenvalue weighted by Crippen LogP contribution is -2.18. The number of nitrogens with zero attached hydrogens (tertiary/aromatic N) is 2. The number of phenols is 1. The molecular weight excluding hydrogens is 472 g/mol. The van der Waals surface area contributed by atoms with E-state index in [4.69, 9.17) is 4.98 Å². The summed E-state index contributed by atoms with van der Waals surface area (Å²) in [5, 5.41) is 14.4. The minimum Gasteiger partial charge on any atom is -0.507 e. The zero-order valence-corrected chi connectivity index (χ0v) is 22.2. The molecule has 0 aliphatic rings. The highest BCUT2D eigenvalue weighted by atomic mass is 32.2. The highest BCUT2D eigenvalue weighted by Crippen LogP contribution is 2.42. The predicted octanol–water partition coefficient (Wildman–Crippen LogP) is 6.47. The number of anilines is 3. The summed E-state index contributed by atoms with van der Waals surface area (Å²) in [4.78, 5) is 9.39. The molecule has 0 aliphatic heterocycles. The molecule has 3 aromatic carbocycles. The van der Waals surface area contributed by atoms with E-state index in [-0.39, 0.29) is 33.1 Å². The molecule has 0 amide bonds. The Kier molecular flexibility index (Phi) is 6.43. The van der Waals surface area contributed by atoms with Gasteiger partial charge in [-0.15, -0.1) is 0 Å². The lowest BCUT2D eigenvalue weighted by atomic mass is 9.79. The Morgan fingerprint density at radius 3 is 1.69 bits per heavy atom. The summed E-state index contributed by atoms with van der Waals surface area (Å²) < 4.78 is 28.8. The minimum absolute atomic E-state index is 0.0836. The largest absolute Gasteiger partial charge is 0.507 e.